The fraction of sp³-hybridized carbons (Fsp3) is 0.435. The topological polar surface area (TPSA) is 94.6 Å². The van der Waals surface area contributed by atoms with Gasteiger partial charge in [-0.25, -0.2) is 17.7 Å². The standard InChI is InChI=1S/C23H29BrClN3O4S3/c1-22(2,3)34(29)27-23(4,20-18(25)17-11-12-26-21(24)19(17)33-20)14-35(30,31)28(5)13-15-7-9-16(32-6)10-8-15/h7-12,27H,13-14H2,1-6H3/t23-,34+/m0/s1. The van der Waals surface area contributed by atoms with Crippen LogP contribution in [-0.4, -0.2) is 46.9 Å². The number of ether oxygens (including phenoxy) is 1. The van der Waals surface area contributed by atoms with Crippen molar-refractivity contribution in [2.45, 2.75) is 44.5 Å². The zero-order chi connectivity index (χ0) is 26.2. The van der Waals surface area contributed by atoms with E-state index in [1.165, 1.54) is 22.7 Å². The zero-order valence-electron chi connectivity index (χ0n) is 20.4. The number of hydrogen-bond donors (Lipinski definition) is 1. The van der Waals surface area contributed by atoms with Crippen LogP contribution in [0.3, 0.4) is 0 Å². The Morgan fingerprint density at radius 3 is 2.40 bits per heavy atom. The number of nitrogens with one attached hydrogen (secondary N) is 1. The number of benzene rings is 1. The Morgan fingerprint density at radius 2 is 1.86 bits per heavy atom. The van der Waals surface area contributed by atoms with E-state index in [2.05, 4.69) is 25.6 Å². The SMILES string of the molecule is COc1ccc(CN(C)S(=O)(=O)C[C@](C)(N[S@+]([O-])C(C)(C)C)c2sc3c(Br)nccc3c2Cl)cc1. The first-order valence-electron chi connectivity index (χ1n) is 10.7. The highest BCUT2D eigenvalue weighted by atomic mass is 79.9. The van der Waals surface area contributed by atoms with Gasteiger partial charge in [0.1, 0.15) is 20.6 Å². The molecule has 0 amide bonds. The van der Waals surface area contributed by atoms with Crippen LogP contribution >= 0.6 is 38.9 Å². The molecule has 0 unspecified atom stereocenters. The first kappa shape index (κ1) is 28.6. The summed E-state index contributed by atoms with van der Waals surface area (Å²) in [6.45, 7) is 7.39. The number of nitrogens with zero attached hydrogens (tertiary/aromatic N) is 2. The lowest BCUT2D eigenvalue weighted by Gasteiger charge is -2.35. The van der Waals surface area contributed by atoms with Gasteiger partial charge < -0.3 is 9.29 Å². The summed E-state index contributed by atoms with van der Waals surface area (Å²) in [5.74, 6) is 0.354. The molecule has 192 valence electrons. The highest BCUT2D eigenvalue weighted by Gasteiger charge is 2.44. The minimum atomic E-state index is -3.81. The van der Waals surface area contributed by atoms with Crippen molar-refractivity contribution in [3.05, 3.63) is 56.6 Å². The number of hydrogen-bond acceptors (Lipinski definition) is 7. The van der Waals surface area contributed by atoms with Crippen molar-refractivity contribution >= 4 is 70.3 Å². The summed E-state index contributed by atoms with van der Waals surface area (Å²) < 4.78 is 50.7. The highest BCUT2D eigenvalue weighted by Crippen LogP contribution is 2.44. The lowest BCUT2D eigenvalue weighted by molar-refractivity contribution is 0.413. The molecule has 0 bridgehead atoms. The van der Waals surface area contributed by atoms with Gasteiger partial charge in [-0.3, -0.25) is 0 Å². The minimum Gasteiger partial charge on any atom is -0.598 e. The number of rotatable bonds is 9. The summed E-state index contributed by atoms with van der Waals surface area (Å²) in [4.78, 5) is 4.84. The molecule has 0 fully saturated rings. The highest BCUT2D eigenvalue weighted by molar-refractivity contribution is 9.10. The van der Waals surface area contributed by atoms with Crippen LogP contribution in [0.4, 0.5) is 0 Å². The van der Waals surface area contributed by atoms with Gasteiger partial charge >= 0.3 is 0 Å². The Kier molecular flexibility index (Phi) is 8.86. The van der Waals surface area contributed by atoms with Crippen LogP contribution < -0.4 is 9.46 Å². The van der Waals surface area contributed by atoms with Gasteiger partial charge in [0.05, 0.1) is 22.6 Å². The van der Waals surface area contributed by atoms with Crippen molar-refractivity contribution in [2.24, 2.45) is 0 Å². The van der Waals surface area contributed by atoms with Crippen molar-refractivity contribution < 1.29 is 17.7 Å². The Morgan fingerprint density at radius 1 is 1.23 bits per heavy atom. The van der Waals surface area contributed by atoms with Gasteiger partial charge in [0, 0.05) is 41.4 Å². The largest absolute Gasteiger partial charge is 0.598 e. The van der Waals surface area contributed by atoms with Crippen molar-refractivity contribution in [3.8, 4) is 5.75 Å². The maximum atomic E-state index is 13.6. The number of methoxy groups -OCH3 is 1. The minimum absolute atomic E-state index is 0.181. The second kappa shape index (κ2) is 10.8. The summed E-state index contributed by atoms with van der Waals surface area (Å²) in [5.41, 5.74) is -0.412. The van der Waals surface area contributed by atoms with Crippen LogP contribution in [0.2, 0.25) is 5.02 Å². The molecule has 2 heterocycles. The summed E-state index contributed by atoms with van der Waals surface area (Å²) >= 11 is 10.0. The van der Waals surface area contributed by atoms with E-state index in [4.69, 9.17) is 16.3 Å². The predicted molar refractivity (Wildman–Crippen MR) is 149 cm³/mol. The smallest absolute Gasteiger partial charge is 0.216 e. The fourth-order valence-corrected chi connectivity index (χ4v) is 8.31. The van der Waals surface area contributed by atoms with Gasteiger partial charge in [-0.2, -0.15) is 0 Å². The molecular weight excluding hydrogens is 594 g/mol. The Hall–Kier alpha value is -0.920. The second-order valence-electron chi connectivity index (χ2n) is 9.40. The van der Waals surface area contributed by atoms with Gasteiger partial charge in [0.25, 0.3) is 0 Å². The molecule has 0 radical (unpaired) electrons. The van der Waals surface area contributed by atoms with Gasteiger partial charge in [-0.15, -0.1) is 16.1 Å². The normalized spacial score (nSPS) is 15.4. The fourth-order valence-electron chi connectivity index (χ4n) is 3.38. The van der Waals surface area contributed by atoms with Crippen molar-refractivity contribution in [1.82, 2.24) is 14.0 Å². The van der Waals surface area contributed by atoms with Crippen LogP contribution in [0.15, 0.2) is 41.1 Å². The van der Waals surface area contributed by atoms with E-state index in [0.29, 0.717) is 20.3 Å². The van der Waals surface area contributed by atoms with Crippen LogP contribution in [0.5, 0.6) is 5.75 Å². The monoisotopic (exact) mass is 621 g/mol. The molecule has 0 saturated carbocycles. The molecule has 0 aliphatic rings. The molecule has 35 heavy (non-hydrogen) atoms. The van der Waals surface area contributed by atoms with Crippen molar-refractivity contribution in [3.63, 3.8) is 0 Å². The number of pyridine rings is 1. The molecule has 7 nitrogen and oxygen atoms in total. The van der Waals surface area contributed by atoms with Gasteiger partial charge in [-0.05, 0) is 67.4 Å². The quantitative estimate of drug-likeness (QED) is 0.252. The van der Waals surface area contributed by atoms with Crippen LogP contribution in [0, 0.1) is 0 Å². The molecule has 2 aromatic heterocycles. The third-order valence-electron chi connectivity index (χ3n) is 5.39. The summed E-state index contributed by atoms with van der Waals surface area (Å²) in [6.07, 6.45) is 1.63. The second-order valence-corrected chi connectivity index (χ2v) is 15.6. The lowest BCUT2D eigenvalue weighted by Crippen LogP contribution is -2.54. The molecule has 1 N–H and O–H groups in total. The van der Waals surface area contributed by atoms with Crippen molar-refractivity contribution in [1.29, 1.82) is 0 Å². The molecule has 1 aromatic carbocycles. The van der Waals surface area contributed by atoms with Gasteiger partial charge in [0.15, 0.2) is 0 Å². The Labute approximate surface area is 227 Å². The third kappa shape index (κ3) is 6.51. The molecule has 12 heteroatoms. The number of halogens is 2. The first-order chi connectivity index (χ1) is 16.2. The van der Waals surface area contributed by atoms with E-state index < -0.39 is 31.7 Å². The molecule has 0 saturated heterocycles. The van der Waals surface area contributed by atoms with E-state index >= 15 is 0 Å². The van der Waals surface area contributed by atoms with E-state index in [1.54, 1.807) is 38.4 Å². The molecule has 2 atom stereocenters. The van der Waals surface area contributed by atoms with Crippen molar-refractivity contribution in [2.75, 3.05) is 19.9 Å². The third-order valence-corrected chi connectivity index (χ3v) is 12.0. The van der Waals surface area contributed by atoms with Crippen LogP contribution in [-0.2, 0) is 33.5 Å². The summed E-state index contributed by atoms with van der Waals surface area (Å²) in [6, 6.07) is 9.01. The van der Waals surface area contributed by atoms with Crippen LogP contribution in [0.1, 0.15) is 38.1 Å². The number of fused-ring (bicyclic) bond motifs is 1. The Bertz CT molecular complexity index is 1300. The average Bonchev–Trinajstić information content (AvgIpc) is 3.12. The molecular formula is C23H29BrClN3O4S3. The first-order valence-corrected chi connectivity index (χ1v) is 15.4. The molecule has 3 aromatic rings. The summed E-state index contributed by atoms with van der Waals surface area (Å²) in [5, 5.41) is 1.18. The van der Waals surface area contributed by atoms with E-state index in [-0.39, 0.29) is 12.3 Å². The van der Waals surface area contributed by atoms with E-state index in [0.717, 1.165) is 15.6 Å². The molecule has 3 rings (SSSR count). The molecule has 0 aliphatic carbocycles. The number of thiophene rings is 1. The lowest BCUT2D eigenvalue weighted by atomic mass is 10.0. The van der Waals surface area contributed by atoms with Gasteiger partial charge in [0.2, 0.25) is 10.0 Å². The number of sulfonamides is 1. The van der Waals surface area contributed by atoms with Crippen LogP contribution in [0.25, 0.3) is 10.1 Å². The summed E-state index contributed by atoms with van der Waals surface area (Å²) in [7, 11) is -0.696. The van der Waals surface area contributed by atoms with Gasteiger partial charge in [-0.1, -0.05) is 23.7 Å². The Balaban J connectivity index is 2.00. The maximum absolute atomic E-state index is 13.6. The van der Waals surface area contributed by atoms with E-state index in [1.807, 2.05) is 32.9 Å². The zero-order valence-corrected chi connectivity index (χ0v) is 25.2. The maximum Gasteiger partial charge on any atom is 0.216 e. The predicted octanol–water partition coefficient (Wildman–Crippen LogP) is 5.45. The van der Waals surface area contributed by atoms with E-state index in [9.17, 15) is 13.0 Å². The average molecular weight is 623 g/mol. The molecule has 0 spiro atoms. The molecule has 0 aliphatic heterocycles. The number of aromatic nitrogens is 1.